The minimum Gasteiger partial charge on any atom is -0.374 e. The van der Waals surface area contributed by atoms with Crippen LogP contribution in [-0.2, 0) is 4.74 Å². The highest BCUT2D eigenvalue weighted by atomic mass is 19.1. The average Bonchev–Trinajstić information content (AvgIpc) is 2.28. The summed E-state index contributed by atoms with van der Waals surface area (Å²) < 4.78 is 18.5. The van der Waals surface area contributed by atoms with Gasteiger partial charge >= 0.3 is 0 Å². The first-order chi connectivity index (χ1) is 7.34. The van der Waals surface area contributed by atoms with E-state index in [0.29, 0.717) is 19.4 Å². The molecule has 1 aromatic carbocycles. The summed E-state index contributed by atoms with van der Waals surface area (Å²) in [6.45, 7) is 0.533. The zero-order valence-electron chi connectivity index (χ0n) is 8.60. The molecule has 0 aliphatic carbocycles. The highest BCUT2D eigenvalue weighted by Gasteiger charge is 2.19. The number of hydrogen-bond acceptors (Lipinski definition) is 1. The summed E-state index contributed by atoms with van der Waals surface area (Å²) in [5.74, 6) is 0. The Morgan fingerprint density at radius 1 is 1.27 bits per heavy atom. The third-order valence-electron chi connectivity index (χ3n) is 2.55. The van der Waals surface area contributed by atoms with Crippen LogP contribution in [0.25, 0.3) is 6.08 Å². The van der Waals surface area contributed by atoms with Gasteiger partial charge in [0, 0.05) is 12.8 Å². The van der Waals surface area contributed by atoms with Gasteiger partial charge in [0.05, 0.1) is 12.7 Å². The Balaban J connectivity index is 1.93. The van der Waals surface area contributed by atoms with Crippen molar-refractivity contribution in [3.8, 4) is 0 Å². The fraction of sp³-hybridized carbons (Fsp3) is 0.385. The summed E-state index contributed by atoms with van der Waals surface area (Å²) in [6, 6.07) is 9.99. The molecule has 0 saturated carbocycles. The van der Waals surface area contributed by atoms with Crippen LogP contribution in [0.3, 0.4) is 0 Å². The van der Waals surface area contributed by atoms with E-state index < -0.39 is 6.17 Å². The molecule has 0 radical (unpaired) electrons. The van der Waals surface area contributed by atoms with E-state index in [1.165, 1.54) is 0 Å². The van der Waals surface area contributed by atoms with Crippen molar-refractivity contribution in [2.75, 3.05) is 6.61 Å². The SMILES string of the molecule is F[C@H]1CCO[C@H](/C=C/c2ccccc2)C1. The third kappa shape index (κ3) is 3.17. The summed E-state index contributed by atoms with van der Waals surface area (Å²) in [5, 5.41) is 0. The lowest BCUT2D eigenvalue weighted by Crippen LogP contribution is -2.24. The number of ether oxygens (including phenoxy) is 1. The van der Waals surface area contributed by atoms with Gasteiger partial charge in [0.25, 0.3) is 0 Å². The van der Waals surface area contributed by atoms with Crippen LogP contribution in [0.1, 0.15) is 18.4 Å². The van der Waals surface area contributed by atoms with Crippen molar-refractivity contribution in [3.63, 3.8) is 0 Å². The molecule has 2 rings (SSSR count). The van der Waals surface area contributed by atoms with Gasteiger partial charge in [-0.2, -0.15) is 0 Å². The summed E-state index contributed by atoms with van der Waals surface area (Å²) in [4.78, 5) is 0. The summed E-state index contributed by atoms with van der Waals surface area (Å²) in [7, 11) is 0. The number of benzene rings is 1. The van der Waals surface area contributed by atoms with Gasteiger partial charge in [-0.05, 0) is 5.56 Å². The van der Waals surface area contributed by atoms with Crippen molar-refractivity contribution < 1.29 is 9.13 Å². The molecule has 0 N–H and O–H groups in total. The van der Waals surface area contributed by atoms with E-state index in [1.807, 2.05) is 42.5 Å². The second-order valence-corrected chi connectivity index (χ2v) is 3.80. The number of halogens is 1. The van der Waals surface area contributed by atoms with Crippen LogP contribution >= 0.6 is 0 Å². The lowest BCUT2D eigenvalue weighted by molar-refractivity contribution is 0.00897. The third-order valence-corrected chi connectivity index (χ3v) is 2.55. The smallest absolute Gasteiger partial charge is 0.105 e. The first-order valence-electron chi connectivity index (χ1n) is 5.33. The van der Waals surface area contributed by atoms with E-state index in [1.54, 1.807) is 0 Å². The van der Waals surface area contributed by atoms with Crippen molar-refractivity contribution in [1.82, 2.24) is 0 Å². The average molecular weight is 206 g/mol. The maximum absolute atomic E-state index is 13.0. The monoisotopic (exact) mass is 206 g/mol. The Kier molecular flexibility index (Phi) is 3.51. The van der Waals surface area contributed by atoms with Crippen LogP contribution in [0.2, 0.25) is 0 Å². The van der Waals surface area contributed by atoms with Crippen molar-refractivity contribution in [3.05, 3.63) is 42.0 Å². The second kappa shape index (κ2) is 5.08. The van der Waals surface area contributed by atoms with Crippen LogP contribution in [0.5, 0.6) is 0 Å². The van der Waals surface area contributed by atoms with Crippen molar-refractivity contribution in [2.45, 2.75) is 25.1 Å². The molecular formula is C13H15FO. The Hall–Kier alpha value is -1.15. The maximum atomic E-state index is 13.0. The van der Waals surface area contributed by atoms with Crippen LogP contribution in [-0.4, -0.2) is 18.9 Å². The summed E-state index contributed by atoms with van der Waals surface area (Å²) in [6.07, 6.45) is 4.20. The Bertz CT molecular complexity index is 321. The van der Waals surface area contributed by atoms with Crippen LogP contribution in [0.15, 0.2) is 36.4 Å². The predicted octanol–water partition coefficient (Wildman–Crippen LogP) is 3.22. The molecule has 1 aliphatic rings. The summed E-state index contributed by atoms with van der Waals surface area (Å²) in [5.41, 5.74) is 1.13. The largest absolute Gasteiger partial charge is 0.374 e. The predicted molar refractivity (Wildman–Crippen MR) is 59.3 cm³/mol. The van der Waals surface area contributed by atoms with E-state index in [-0.39, 0.29) is 6.10 Å². The molecule has 0 spiro atoms. The van der Waals surface area contributed by atoms with Gasteiger partial charge in [-0.1, -0.05) is 42.5 Å². The molecule has 2 atom stereocenters. The van der Waals surface area contributed by atoms with E-state index >= 15 is 0 Å². The fourth-order valence-electron chi connectivity index (χ4n) is 1.70. The van der Waals surface area contributed by atoms with Crippen molar-refractivity contribution >= 4 is 6.08 Å². The molecule has 0 amide bonds. The molecule has 1 heterocycles. The number of rotatable bonds is 2. The number of alkyl halides is 1. The molecule has 1 fully saturated rings. The van der Waals surface area contributed by atoms with Crippen molar-refractivity contribution in [2.24, 2.45) is 0 Å². The van der Waals surface area contributed by atoms with Crippen LogP contribution in [0.4, 0.5) is 4.39 Å². The molecule has 1 aliphatic heterocycles. The molecule has 0 unspecified atom stereocenters. The van der Waals surface area contributed by atoms with Gasteiger partial charge in [-0.25, -0.2) is 4.39 Å². The highest BCUT2D eigenvalue weighted by molar-refractivity contribution is 5.49. The lowest BCUT2D eigenvalue weighted by Gasteiger charge is -2.22. The van der Waals surface area contributed by atoms with E-state index in [2.05, 4.69) is 0 Å². The Morgan fingerprint density at radius 3 is 2.80 bits per heavy atom. The molecule has 80 valence electrons. The van der Waals surface area contributed by atoms with E-state index in [9.17, 15) is 4.39 Å². The molecule has 0 bridgehead atoms. The Morgan fingerprint density at radius 2 is 2.07 bits per heavy atom. The normalized spacial score (nSPS) is 27.0. The van der Waals surface area contributed by atoms with E-state index in [0.717, 1.165) is 5.56 Å². The lowest BCUT2D eigenvalue weighted by atomic mass is 10.1. The highest BCUT2D eigenvalue weighted by Crippen LogP contribution is 2.18. The van der Waals surface area contributed by atoms with Gasteiger partial charge < -0.3 is 4.74 Å². The maximum Gasteiger partial charge on any atom is 0.105 e. The van der Waals surface area contributed by atoms with Gasteiger partial charge in [-0.3, -0.25) is 0 Å². The molecule has 0 aromatic heterocycles. The van der Waals surface area contributed by atoms with E-state index in [4.69, 9.17) is 4.74 Å². The second-order valence-electron chi connectivity index (χ2n) is 3.80. The first-order valence-corrected chi connectivity index (χ1v) is 5.33. The topological polar surface area (TPSA) is 9.23 Å². The first kappa shape index (κ1) is 10.4. The minimum atomic E-state index is -0.704. The fourth-order valence-corrected chi connectivity index (χ4v) is 1.70. The van der Waals surface area contributed by atoms with Crippen LogP contribution in [0, 0.1) is 0 Å². The molecule has 2 heteroatoms. The molecule has 1 aromatic rings. The molecule has 1 saturated heterocycles. The van der Waals surface area contributed by atoms with Gasteiger partial charge in [0.2, 0.25) is 0 Å². The Labute approximate surface area is 89.6 Å². The quantitative estimate of drug-likeness (QED) is 0.722. The zero-order chi connectivity index (χ0) is 10.5. The molecular weight excluding hydrogens is 191 g/mol. The number of hydrogen-bond donors (Lipinski definition) is 0. The van der Waals surface area contributed by atoms with Gasteiger partial charge in [0.15, 0.2) is 0 Å². The minimum absolute atomic E-state index is 0.0612. The van der Waals surface area contributed by atoms with Crippen LogP contribution < -0.4 is 0 Å². The standard InChI is InChI=1S/C13H15FO/c14-12-8-9-15-13(10-12)7-6-11-4-2-1-3-5-11/h1-7,12-13H,8-10H2/b7-6+/t12-,13+/m0/s1. The summed E-state index contributed by atoms with van der Waals surface area (Å²) >= 11 is 0. The van der Waals surface area contributed by atoms with Gasteiger partial charge in [0.1, 0.15) is 6.17 Å². The zero-order valence-corrected chi connectivity index (χ0v) is 8.60. The molecule has 15 heavy (non-hydrogen) atoms. The molecule has 1 nitrogen and oxygen atoms in total. The van der Waals surface area contributed by atoms with Gasteiger partial charge in [-0.15, -0.1) is 0 Å². The van der Waals surface area contributed by atoms with Crippen molar-refractivity contribution in [1.29, 1.82) is 0 Å².